The van der Waals surface area contributed by atoms with Gasteiger partial charge in [0.05, 0.1) is 0 Å². The first-order chi connectivity index (χ1) is 8.45. The van der Waals surface area contributed by atoms with Crippen LogP contribution in [0.15, 0.2) is 18.7 Å². The van der Waals surface area contributed by atoms with Crippen LogP contribution in [-0.4, -0.2) is 9.55 Å². The van der Waals surface area contributed by atoms with Crippen molar-refractivity contribution in [3.8, 4) is 0 Å². The molecule has 2 aromatic rings. The molecule has 0 saturated carbocycles. The Morgan fingerprint density at radius 2 is 1.83 bits per heavy atom. The number of aryl methyl sites for hydroxylation is 3. The van der Waals surface area contributed by atoms with Gasteiger partial charge in [0.1, 0.15) is 0 Å². The molecule has 0 aromatic carbocycles. The van der Waals surface area contributed by atoms with E-state index >= 15 is 0 Å². The van der Waals surface area contributed by atoms with Crippen molar-refractivity contribution in [2.24, 2.45) is 0 Å². The van der Waals surface area contributed by atoms with E-state index in [-0.39, 0.29) is 0 Å². The molecule has 2 nitrogen and oxygen atoms in total. The summed E-state index contributed by atoms with van der Waals surface area (Å²) < 4.78 is 2.19. The van der Waals surface area contributed by atoms with Gasteiger partial charge in [0.25, 0.3) is 0 Å². The number of rotatable bonds is 3. The summed E-state index contributed by atoms with van der Waals surface area (Å²) in [5.41, 5.74) is 7.72. The Morgan fingerprint density at radius 3 is 2.33 bits per heavy atom. The third-order valence-corrected chi connectivity index (χ3v) is 3.96. The summed E-state index contributed by atoms with van der Waals surface area (Å²) in [7, 11) is 0. The van der Waals surface area contributed by atoms with Crippen molar-refractivity contribution in [1.82, 2.24) is 9.55 Å². The molecule has 1 atom stereocenters. The molecule has 0 aliphatic rings. The number of aromatic nitrogens is 2. The normalized spacial score (nSPS) is 12.7. The summed E-state index contributed by atoms with van der Waals surface area (Å²) in [5, 5.41) is 0. The highest BCUT2D eigenvalue weighted by Gasteiger charge is 2.17. The van der Waals surface area contributed by atoms with Gasteiger partial charge in [-0.15, -0.1) is 0 Å². The molecule has 2 aromatic heterocycles. The number of H-pyrrole nitrogens is 1. The monoisotopic (exact) mass is 242 g/mol. The molecule has 18 heavy (non-hydrogen) atoms. The first kappa shape index (κ1) is 12.7. The van der Waals surface area contributed by atoms with E-state index in [0.717, 1.165) is 0 Å². The van der Waals surface area contributed by atoms with Crippen LogP contribution in [0.4, 0.5) is 0 Å². The molecular formula is C16H22N2. The molecule has 1 N–H and O–H groups in total. The standard InChI is InChI=1S/C16H22N2/c1-7-18-14(6)11(3)9-16(18)12(4)15-8-10(2)13(5)17-15/h7-9,12,17H,1H2,2-6H3/t12-/m1/s1. The third-order valence-electron chi connectivity index (χ3n) is 3.96. The molecule has 2 rings (SSSR count). The number of hydrogen-bond donors (Lipinski definition) is 1. The zero-order valence-corrected chi connectivity index (χ0v) is 12.0. The molecule has 2 heteroatoms. The van der Waals surface area contributed by atoms with Crippen molar-refractivity contribution in [3.05, 3.63) is 52.6 Å². The Balaban J connectivity index is 2.48. The average molecular weight is 242 g/mol. The predicted octanol–water partition coefficient (Wildman–Crippen LogP) is 4.30. The van der Waals surface area contributed by atoms with Crippen LogP contribution < -0.4 is 0 Å². The molecule has 0 amide bonds. The van der Waals surface area contributed by atoms with Gasteiger partial charge >= 0.3 is 0 Å². The minimum Gasteiger partial charge on any atom is -0.362 e. The van der Waals surface area contributed by atoms with Gasteiger partial charge in [-0.3, -0.25) is 0 Å². The van der Waals surface area contributed by atoms with Crippen molar-refractivity contribution in [3.63, 3.8) is 0 Å². The Bertz CT molecular complexity index is 565. The molecule has 0 saturated heterocycles. The van der Waals surface area contributed by atoms with Gasteiger partial charge in [0.15, 0.2) is 0 Å². The van der Waals surface area contributed by atoms with Crippen molar-refractivity contribution < 1.29 is 0 Å². The second-order valence-electron chi connectivity index (χ2n) is 5.14. The first-order valence-corrected chi connectivity index (χ1v) is 6.42. The quantitative estimate of drug-likeness (QED) is 0.828. The van der Waals surface area contributed by atoms with E-state index in [4.69, 9.17) is 0 Å². The SMILES string of the molecule is C=Cn1c([C@H](C)c2cc(C)c(C)[nH]2)cc(C)c1C. The molecular weight excluding hydrogens is 220 g/mol. The highest BCUT2D eigenvalue weighted by Crippen LogP contribution is 2.28. The van der Waals surface area contributed by atoms with E-state index in [2.05, 4.69) is 62.9 Å². The molecule has 2 heterocycles. The van der Waals surface area contributed by atoms with E-state index in [1.54, 1.807) is 0 Å². The minimum absolute atomic E-state index is 0.350. The van der Waals surface area contributed by atoms with E-state index in [0.29, 0.717) is 5.92 Å². The van der Waals surface area contributed by atoms with Crippen molar-refractivity contribution in [2.75, 3.05) is 0 Å². The maximum absolute atomic E-state index is 3.92. The molecule has 0 spiro atoms. The van der Waals surface area contributed by atoms with Crippen LogP contribution in [0.25, 0.3) is 6.20 Å². The second kappa shape index (κ2) is 4.52. The topological polar surface area (TPSA) is 20.7 Å². The van der Waals surface area contributed by atoms with Gasteiger partial charge in [-0.1, -0.05) is 13.5 Å². The number of hydrogen-bond acceptors (Lipinski definition) is 0. The lowest BCUT2D eigenvalue weighted by atomic mass is 10.0. The van der Waals surface area contributed by atoms with Gasteiger partial charge in [-0.2, -0.15) is 0 Å². The highest BCUT2D eigenvalue weighted by atomic mass is 15.0. The molecule has 0 bridgehead atoms. The summed E-state index contributed by atoms with van der Waals surface area (Å²) in [4.78, 5) is 3.47. The average Bonchev–Trinajstić information content (AvgIpc) is 2.81. The van der Waals surface area contributed by atoms with Gasteiger partial charge < -0.3 is 9.55 Å². The molecule has 0 aliphatic carbocycles. The van der Waals surface area contributed by atoms with Crippen molar-refractivity contribution >= 4 is 6.20 Å². The van der Waals surface area contributed by atoms with E-state index in [9.17, 15) is 0 Å². The highest BCUT2D eigenvalue weighted by molar-refractivity contribution is 5.41. The van der Waals surface area contributed by atoms with Crippen LogP contribution in [0.3, 0.4) is 0 Å². The summed E-state index contributed by atoms with van der Waals surface area (Å²) in [6, 6.07) is 4.50. The second-order valence-corrected chi connectivity index (χ2v) is 5.14. The maximum Gasteiger partial charge on any atom is 0.0369 e. The van der Waals surface area contributed by atoms with Gasteiger partial charge in [0.2, 0.25) is 0 Å². The lowest BCUT2D eigenvalue weighted by Crippen LogP contribution is -2.03. The summed E-state index contributed by atoms with van der Waals surface area (Å²) in [6.45, 7) is 14.7. The van der Waals surface area contributed by atoms with Gasteiger partial charge in [0, 0.05) is 34.9 Å². The smallest absolute Gasteiger partial charge is 0.0369 e. The van der Waals surface area contributed by atoms with Crippen molar-refractivity contribution in [2.45, 2.75) is 40.5 Å². The zero-order chi connectivity index (χ0) is 13.4. The lowest BCUT2D eigenvalue weighted by Gasteiger charge is -2.13. The van der Waals surface area contributed by atoms with Crippen LogP contribution in [0.5, 0.6) is 0 Å². The summed E-state index contributed by atoms with van der Waals surface area (Å²) >= 11 is 0. The Hall–Kier alpha value is -1.70. The fourth-order valence-corrected chi connectivity index (χ4v) is 2.44. The third kappa shape index (κ3) is 1.92. The van der Waals surface area contributed by atoms with Crippen LogP contribution in [0, 0.1) is 27.7 Å². The molecule has 0 fully saturated rings. The number of nitrogens with one attached hydrogen (secondary N) is 1. The summed E-state index contributed by atoms with van der Waals surface area (Å²) in [6.07, 6.45) is 1.90. The fraction of sp³-hybridized carbons (Fsp3) is 0.375. The molecule has 96 valence electrons. The minimum atomic E-state index is 0.350. The Kier molecular flexibility index (Phi) is 3.20. The van der Waals surface area contributed by atoms with Gasteiger partial charge in [-0.05, 0) is 51.0 Å². The van der Waals surface area contributed by atoms with Crippen LogP contribution in [0.2, 0.25) is 0 Å². The van der Waals surface area contributed by atoms with Crippen LogP contribution in [0.1, 0.15) is 46.7 Å². The number of nitrogens with zero attached hydrogens (tertiary/aromatic N) is 1. The molecule has 0 radical (unpaired) electrons. The zero-order valence-electron chi connectivity index (χ0n) is 12.0. The first-order valence-electron chi connectivity index (χ1n) is 6.42. The predicted molar refractivity (Wildman–Crippen MR) is 78.1 cm³/mol. The van der Waals surface area contributed by atoms with E-state index in [1.165, 1.54) is 33.9 Å². The summed E-state index contributed by atoms with van der Waals surface area (Å²) in [5.74, 6) is 0.350. The van der Waals surface area contributed by atoms with E-state index < -0.39 is 0 Å². The largest absolute Gasteiger partial charge is 0.362 e. The van der Waals surface area contributed by atoms with E-state index in [1.807, 2.05) is 6.20 Å². The fourth-order valence-electron chi connectivity index (χ4n) is 2.44. The van der Waals surface area contributed by atoms with Crippen LogP contribution >= 0.6 is 0 Å². The van der Waals surface area contributed by atoms with Crippen molar-refractivity contribution in [1.29, 1.82) is 0 Å². The Labute approximate surface area is 109 Å². The lowest BCUT2D eigenvalue weighted by molar-refractivity contribution is 0.809. The van der Waals surface area contributed by atoms with Gasteiger partial charge in [-0.25, -0.2) is 0 Å². The molecule has 0 unspecified atom stereocenters. The number of aromatic amines is 1. The van der Waals surface area contributed by atoms with Crippen LogP contribution in [-0.2, 0) is 0 Å². The Morgan fingerprint density at radius 1 is 1.17 bits per heavy atom. The maximum atomic E-state index is 3.92. The molecule has 0 aliphatic heterocycles.